The number of nitrogens with zero attached hydrogens (tertiary/aromatic N) is 2. The maximum Gasteiger partial charge on any atom is 0.222 e. The maximum absolute atomic E-state index is 11.0. The summed E-state index contributed by atoms with van der Waals surface area (Å²) >= 11 is 1.58. The van der Waals surface area contributed by atoms with E-state index < -0.39 is 0 Å². The lowest BCUT2D eigenvalue weighted by Gasteiger charge is -2.05. The largest absolute Gasteiger partial charge is 0.493 e. The molecule has 0 aliphatic rings. The van der Waals surface area contributed by atoms with E-state index in [1.165, 1.54) is 6.92 Å². The van der Waals surface area contributed by atoms with Crippen LogP contribution >= 0.6 is 11.3 Å². The van der Waals surface area contributed by atoms with Crippen LogP contribution in [-0.2, 0) is 4.79 Å². The van der Waals surface area contributed by atoms with Gasteiger partial charge in [0.1, 0.15) is 10.8 Å². The van der Waals surface area contributed by atoms with Gasteiger partial charge >= 0.3 is 0 Å². The van der Waals surface area contributed by atoms with Crippen LogP contribution in [0.2, 0.25) is 0 Å². The van der Waals surface area contributed by atoms with E-state index in [-0.39, 0.29) is 5.91 Å². The number of allylic oxidation sites excluding steroid dienone is 2. The minimum Gasteiger partial charge on any atom is -0.493 e. The van der Waals surface area contributed by atoms with Gasteiger partial charge in [0.05, 0.1) is 24.4 Å². The Kier molecular flexibility index (Phi) is 5.83. The molecule has 6 nitrogen and oxygen atoms in total. The van der Waals surface area contributed by atoms with Gasteiger partial charge in [0.25, 0.3) is 0 Å². The summed E-state index contributed by atoms with van der Waals surface area (Å²) in [5.41, 5.74) is 1.81. The molecule has 3 rings (SSSR count). The van der Waals surface area contributed by atoms with Crippen molar-refractivity contribution < 1.29 is 14.3 Å². The number of nitrogens with one attached hydrogen (secondary N) is 1. The van der Waals surface area contributed by atoms with Crippen molar-refractivity contribution in [2.45, 2.75) is 6.92 Å². The predicted octanol–water partition coefficient (Wildman–Crippen LogP) is 4.39. The first-order valence-corrected chi connectivity index (χ1v) is 9.01. The van der Waals surface area contributed by atoms with Gasteiger partial charge in [-0.15, -0.1) is 11.3 Å². The Morgan fingerprint density at radius 2 is 1.85 bits per heavy atom. The second kappa shape index (κ2) is 8.46. The number of fused-ring (bicyclic) bond motifs is 1. The van der Waals surface area contributed by atoms with Crippen molar-refractivity contribution in [1.82, 2.24) is 9.97 Å². The number of ether oxygens (including phenoxy) is 2. The van der Waals surface area contributed by atoms with E-state index in [1.54, 1.807) is 37.8 Å². The van der Waals surface area contributed by atoms with Crippen LogP contribution < -0.4 is 14.8 Å². The van der Waals surface area contributed by atoms with E-state index >= 15 is 0 Å². The number of carbonyl (C=O) groups excluding carboxylic acids is 1. The fraction of sp³-hybridized carbons (Fsp3) is 0.150. The first kappa shape index (κ1) is 18.6. The van der Waals surface area contributed by atoms with Gasteiger partial charge in [-0.3, -0.25) is 4.79 Å². The van der Waals surface area contributed by atoms with Gasteiger partial charge in [-0.2, -0.15) is 0 Å². The van der Waals surface area contributed by atoms with Gasteiger partial charge in [-0.1, -0.05) is 18.2 Å². The zero-order valence-corrected chi connectivity index (χ0v) is 16.0. The fourth-order valence-electron chi connectivity index (χ4n) is 2.41. The van der Waals surface area contributed by atoms with Gasteiger partial charge in [0.2, 0.25) is 5.91 Å². The molecule has 2 heterocycles. The monoisotopic (exact) mass is 381 g/mol. The van der Waals surface area contributed by atoms with Crippen LogP contribution in [0, 0.1) is 0 Å². The van der Waals surface area contributed by atoms with E-state index in [4.69, 9.17) is 9.47 Å². The maximum atomic E-state index is 11.0. The molecule has 3 aromatic rings. The molecule has 1 N–H and O–H groups in total. The SMILES string of the molecule is COc1cc2nc(/C=C/C=C/c3ccc(NC(C)=O)nc3)sc2cc1OC. The van der Waals surface area contributed by atoms with Crippen LogP contribution in [0.5, 0.6) is 11.5 Å². The van der Waals surface area contributed by atoms with Crippen molar-refractivity contribution in [3.05, 3.63) is 53.2 Å². The van der Waals surface area contributed by atoms with Crippen molar-refractivity contribution in [2.75, 3.05) is 19.5 Å². The highest BCUT2D eigenvalue weighted by molar-refractivity contribution is 7.19. The molecule has 0 spiro atoms. The third-order valence-corrected chi connectivity index (χ3v) is 4.62. The minimum absolute atomic E-state index is 0.139. The molecule has 138 valence electrons. The van der Waals surface area contributed by atoms with E-state index in [1.807, 2.05) is 42.5 Å². The van der Waals surface area contributed by atoms with E-state index in [2.05, 4.69) is 15.3 Å². The number of pyridine rings is 1. The summed E-state index contributed by atoms with van der Waals surface area (Å²) in [4.78, 5) is 19.8. The number of amides is 1. The number of rotatable bonds is 6. The quantitative estimate of drug-likeness (QED) is 0.641. The molecule has 1 amide bonds. The number of thiazole rings is 1. The summed E-state index contributed by atoms with van der Waals surface area (Å²) in [5.74, 6) is 1.76. The number of anilines is 1. The number of aromatic nitrogens is 2. The topological polar surface area (TPSA) is 73.3 Å². The summed E-state index contributed by atoms with van der Waals surface area (Å²) in [6.07, 6.45) is 9.42. The highest BCUT2D eigenvalue weighted by Gasteiger charge is 2.09. The van der Waals surface area contributed by atoms with E-state index in [0.29, 0.717) is 17.3 Å². The van der Waals surface area contributed by atoms with Crippen LogP contribution in [-0.4, -0.2) is 30.1 Å². The highest BCUT2D eigenvalue weighted by Crippen LogP contribution is 2.34. The Morgan fingerprint density at radius 1 is 1.11 bits per heavy atom. The first-order valence-electron chi connectivity index (χ1n) is 8.20. The van der Waals surface area contributed by atoms with E-state index in [0.717, 1.165) is 20.8 Å². The molecule has 7 heteroatoms. The predicted molar refractivity (Wildman–Crippen MR) is 109 cm³/mol. The number of methoxy groups -OCH3 is 2. The van der Waals surface area contributed by atoms with Crippen molar-refractivity contribution in [1.29, 1.82) is 0 Å². The van der Waals surface area contributed by atoms with Crippen LogP contribution in [0.1, 0.15) is 17.5 Å². The van der Waals surface area contributed by atoms with Crippen molar-refractivity contribution in [2.24, 2.45) is 0 Å². The van der Waals surface area contributed by atoms with Gasteiger partial charge < -0.3 is 14.8 Å². The summed E-state index contributed by atoms with van der Waals surface area (Å²) < 4.78 is 11.7. The zero-order chi connectivity index (χ0) is 19.2. The van der Waals surface area contributed by atoms with Gasteiger partial charge in [-0.25, -0.2) is 9.97 Å². The summed E-state index contributed by atoms with van der Waals surface area (Å²) in [5, 5.41) is 3.53. The van der Waals surface area contributed by atoms with Crippen molar-refractivity contribution in [3.63, 3.8) is 0 Å². The molecule has 0 saturated carbocycles. The Labute approximate surface area is 161 Å². The second-order valence-electron chi connectivity index (χ2n) is 5.60. The third-order valence-electron chi connectivity index (χ3n) is 3.64. The molecule has 0 unspecified atom stereocenters. The summed E-state index contributed by atoms with van der Waals surface area (Å²) in [6.45, 7) is 1.45. The van der Waals surface area contributed by atoms with Gasteiger partial charge in [-0.05, 0) is 23.8 Å². The lowest BCUT2D eigenvalue weighted by atomic mass is 10.2. The molecular formula is C20H19N3O3S. The molecule has 0 saturated heterocycles. The first-order chi connectivity index (χ1) is 13.1. The average Bonchev–Trinajstić information content (AvgIpc) is 3.06. The summed E-state index contributed by atoms with van der Waals surface area (Å²) in [7, 11) is 3.23. The fourth-order valence-corrected chi connectivity index (χ4v) is 3.30. The Bertz CT molecular complexity index is 966. The minimum atomic E-state index is -0.139. The standard InChI is InChI=1S/C20H19N3O3S/c1-13(24)22-19-9-8-14(12-21-19)6-4-5-7-20-23-15-10-16(25-2)17(26-3)11-18(15)27-20/h4-12H,1-3H3,(H,21,22,24)/b6-4+,7-5+. The van der Waals surface area contributed by atoms with Crippen LogP contribution in [0.4, 0.5) is 5.82 Å². The van der Waals surface area contributed by atoms with Gasteiger partial charge in [0.15, 0.2) is 11.5 Å². The smallest absolute Gasteiger partial charge is 0.222 e. The molecule has 0 bridgehead atoms. The number of hydrogen-bond donors (Lipinski definition) is 1. The molecule has 0 fully saturated rings. The second-order valence-corrected chi connectivity index (χ2v) is 6.67. The van der Waals surface area contributed by atoms with Gasteiger partial charge in [0, 0.05) is 25.3 Å². The Hall–Kier alpha value is -3.19. The highest BCUT2D eigenvalue weighted by atomic mass is 32.1. The average molecular weight is 381 g/mol. The van der Waals surface area contributed by atoms with Crippen molar-refractivity contribution >= 4 is 45.4 Å². The van der Waals surface area contributed by atoms with Crippen LogP contribution in [0.25, 0.3) is 22.4 Å². The molecule has 2 aromatic heterocycles. The molecule has 0 atom stereocenters. The zero-order valence-electron chi connectivity index (χ0n) is 15.2. The lowest BCUT2D eigenvalue weighted by Crippen LogP contribution is -2.06. The van der Waals surface area contributed by atoms with Crippen LogP contribution in [0.15, 0.2) is 42.6 Å². The number of carbonyl (C=O) groups is 1. The van der Waals surface area contributed by atoms with Crippen LogP contribution in [0.3, 0.4) is 0 Å². The van der Waals surface area contributed by atoms with Crippen molar-refractivity contribution in [3.8, 4) is 11.5 Å². The molecule has 0 aliphatic heterocycles. The third kappa shape index (κ3) is 4.71. The molecule has 27 heavy (non-hydrogen) atoms. The Morgan fingerprint density at radius 3 is 2.52 bits per heavy atom. The molecule has 1 aromatic carbocycles. The summed E-state index contributed by atoms with van der Waals surface area (Å²) in [6, 6.07) is 7.46. The molecule has 0 radical (unpaired) electrons. The number of hydrogen-bond acceptors (Lipinski definition) is 6. The number of benzene rings is 1. The normalized spacial score (nSPS) is 11.4. The lowest BCUT2D eigenvalue weighted by molar-refractivity contribution is -0.114. The molecule has 0 aliphatic carbocycles. The molecular weight excluding hydrogens is 362 g/mol. The van der Waals surface area contributed by atoms with E-state index in [9.17, 15) is 4.79 Å². The Balaban J connectivity index is 1.70.